The van der Waals surface area contributed by atoms with Gasteiger partial charge in [-0.05, 0) is 26.7 Å². The van der Waals surface area contributed by atoms with E-state index in [9.17, 15) is 24.6 Å². The summed E-state index contributed by atoms with van der Waals surface area (Å²) in [6.07, 6.45) is -4.66. The van der Waals surface area contributed by atoms with Gasteiger partial charge in [-0.15, -0.1) is 0 Å². The normalized spacial score (nSPS) is 28.7. The van der Waals surface area contributed by atoms with Gasteiger partial charge >= 0.3 is 17.9 Å². The Morgan fingerprint density at radius 1 is 1.07 bits per heavy atom. The highest BCUT2D eigenvalue weighted by molar-refractivity contribution is 5.82. The summed E-state index contributed by atoms with van der Waals surface area (Å²) >= 11 is 0. The summed E-state index contributed by atoms with van der Waals surface area (Å²) in [5.74, 6) is -2.45. The lowest BCUT2D eigenvalue weighted by Crippen LogP contribution is -2.59. The molecule has 3 N–H and O–H groups in total. The molecule has 172 valence electrons. The van der Waals surface area contributed by atoms with Gasteiger partial charge in [0.2, 0.25) is 0 Å². The first kappa shape index (κ1) is 26.0. The van der Waals surface area contributed by atoms with Crippen molar-refractivity contribution in [2.24, 2.45) is 0 Å². The third kappa shape index (κ3) is 8.02. The molecular formula is C20H32O10. The van der Waals surface area contributed by atoms with E-state index in [4.69, 9.17) is 24.1 Å². The van der Waals surface area contributed by atoms with E-state index in [1.54, 1.807) is 20.8 Å². The number of aliphatic carboxylic acids is 1. The van der Waals surface area contributed by atoms with Crippen molar-refractivity contribution in [1.82, 2.24) is 0 Å². The van der Waals surface area contributed by atoms with Crippen LogP contribution in [0.3, 0.4) is 0 Å². The lowest BCUT2D eigenvalue weighted by atomic mass is 9.99. The molecule has 1 heterocycles. The van der Waals surface area contributed by atoms with Gasteiger partial charge in [0.05, 0.1) is 25.0 Å². The average Bonchev–Trinajstić information content (AvgIpc) is 2.67. The highest BCUT2D eigenvalue weighted by atomic mass is 16.7. The summed E-state index contributed by atoms with van der Waals surface area (Å²) in [6.45, 7) is 6.61. The topological polar surface area (TPSA) is 149 Å². The molecule has 1 fully saturated rings. The Morgan fingerprint density at radius 3 is 2.23 bits per heavy atom. The quantitative estimate of drug-likeness (QED) is 0.318. The summed E-state index contributed by atoms with van der Waals surface area (Å²) in [6, 6.07) is 0. The molecule has 0 spiro atoms. The molecule has 30 heavy (non-hydrogen) atoms. The molecule has 10 nitrogen and oxygen atoms in total. The Morgan fingerprint density at radius 2 is 1.70 bits per heavy atom. The number of rotatable bonds is 11. The number of aliphatic hydroxyl groups is 2. The maximum Gasteiger partial charge on any atom is 0.330 e. The van der Waals surface area contributed by atoms with Crippen molar-refractivity contribution >= 4 is 17.9 Å². The van der Waals surface area contributed by atoms with Gasteiger partial charge in [-0.1, -0.05) is 19.9 Å². The maximum absolute atomic E-state index is 12.2. The molecule has 0 amide bonds. The highest BCUT2D eigenvalue weighted by Crippen LogP contribution is 2.26. The number of carboxylic acids is 1. The van der Waals surface area contributed by atoms with E-state index in [2.05, 4.69) is 0 Å². The number of hydrogen-bond donors (Lipinski definition) is 3. The highest BCUT2D eigenvalue weighted by Gasteiger charge is 2.46. The number of allylic oxidation sites excluding steroid dienone is 1. The second-order valence-electron chi connectivity index (χ2n) is 7.08. The van der Waals surface area contributed by atoms with E-state index in [1.165, 1.54) is 13.0 Å². The molecule has 7 unspecified atom stereocenters. The number of esters is 2. The maximum atomic E-state index is 12.2. The van der Waals surface area contributed by atoms with Crippen molar-refractivity contribution in [3.8, 4) is 0 Å². The first-order valence-corrected chi connectivity index (χ1v) is 10.0. The van der Waals surface area contributed by atoms with Gasteiger partial charge in [-0.3, -0.25) is 9.59 Å². The molecule has 10 heteroatoms. The molecule has 7 atom stereocenters. The second-order valence-corrected chi connectivity index (χ2v) is 7.08. The predicted octanol–water partition coefficient (Wildman–Crippen LogP) is 0.923. The van der Waals surface area contributed by atoms with E-state index in [-0.39, 0.29) is 12.8 Å². The number of carbonyl (C=O) groups excluding carboxylic acids is 2. The molecule has 1 aliphatic heterocycles. The first-order chi connectivity index (χ1) is 14.1. The summed E-state index contributed by atoms with van der Waals surface area (Å²) in [4.78, 5) is 34.9. The SMILES string of the molecule is CC=CC(=O)OC1C(OC(CC)CC(=O)OC(CC)CC(=O)O)OC(C)C(O)C1O. The molecular weight excluding hydrogens is 400 g/mol. The average molecular weight is 432 g/mol. The monoisotopic (exact) mass is 432 g/mol. The van der Waals surface area contributed by atoms with Gasteiger partial charge < -0.3 is 34.3 Å². The molecule has 0 radical (unpaired) electrons. The smallest absolute Gasteiger partial charge is 0.330 e. The van der Waals surface area contributed by atoms with E-state index in [1.807, 2.05) is 0 Å². The van der Waals surface area contributed by atoms with Crippen molar-refractivity contribution in [2.75, 3.05) is 0 Å². The zero-order chi connectivity index (χ0) is 22.8. The van der Waals surface area contributed by atoms with Crippen LogP contribution < -0.4 is 0 Å². The molecule has 1 saturated heterocycles. The second kappa shape index (κ2) is 12.6. The van der Waals surface area contributed by atoms with Gasteiger partial charge in [0, 0.05) is 6.08 Å². The van der Waals surface area contributed by atoms with Crippen LogP contribution in [-0.2, 0) is 33.3 Å². The first-order valence-electron chi connectivity index (χ1n) is 10.0. The van der Waals surface area contributed by atoms with Crippen molar-refractivity contribution in [3.05, 3.63) is 12.2 Å². The Balaban J connectivity index is 2.82. The number of ether oxygens (including phenoxy) is 4. The van der Waals surface area contributed by atoms with Gasteiger partial charge in [0.25, 0.3) is 0 Å². The van der Waals surface area contributed by atoms with Crippen LogP contribution in [0.2, 0.25) is 0 Å². The fraction of sp³-hybridized carbons (Fsp3) is 0.750. The molecule has 0 aromatic carbocycles. The van der Waals surface area contributed by atoms with Gasteiger partial charge in [-0.25, -0.2) is 4.79 Å². The molecule has 0 aromatic heterocycles. The van der Waals surface area contributed by atoms with E-state index >= 15 is 0 Å². The Hall–Kier alpha value is -2.01. The fourth-order valence-electron chi connectivity index (χ4n) is 2.91. The van der Waals surface area contributed by atoms with Crippen LogP contribution in [0.25, 0.3) is 0 Å². The van der Waals surface area contributed by atoms with Crippen LogP contribution in [-0.4, -0.2) is 76.1 Å². The molecule has 0 aliphatic carbocycles. The Kier molecular flexibility index (Phi) is 11.0. The predicted molar refractivity (Wildman–Crippen MR) is 103 cm³/mol. The van der Waals surface area contributed by atoms with Crippen LogP contribution in [0, 0.1) is 0 Å². The van der Waals surface area contributed by atoms with Crippen molar-refractivity contribution in [2.45, 2.75) is 96.3 Å². The zero-order valence-electron chi connectivity index (χ0n) is 17.7. The minimum absolute atomic E-state index is 0.185. The third-order valence-electron chi connectivity index (χ3n) is 4.67. The van der Waals surface area contributed by atoms with Crippen LogP contribution in [0.4, 0.5) is 0 Å². The molecule has 0 saturated carbocycles. The molecule has 0 bridgehead atoms. The van der Waals surface area contributed by atoms with Crippen molar-refractivity contribution in [3.63, 3.8) is 0 Å². The summed E-state index contributed by atoms with van der Waals surface area (Å²) in [5.41, 5.74) is 0. The molecule has 1 aliphatic rings. The third-order valence-corrected chi connectivity index (χ3v) is 4.67. The van der Waals surface area contributed by atoms with Crippen molar-refractivity contribution < 1.29 is 48.7 Å². The lowest BCUT2D eigenvalue weighted by Gasteiger charge is -2.41. The van der Waals surface area contributed by atoms with E-state index < -0.39 is 60.8 Å². The number of aliphatic hydroxyl groups excluding tert-OH is 2. The summed E-state index contributed by atoms with van der Waals surface area (Å²) < 4.78 is 21.7. The van der Waals surface area contributed by atoms with Crippen LogP contribution in [0.1, 0.15) is 53.4 Å². The lowest BCUT2D eigenvalue weighted by molar-refractivity contribution is -0.306. The molecule has 1 rings (SSSR count). The zero-order valence-corrected chi connectivity index (χ0v) is 17.7. The standard InChI is InChI=1S/C20H32O10/c1-5-8-15(23)30-19-18(26)17(25)11(4)27-20(19)29-13(7-3)10-16(24)28-12(6-2)9-14(21)22/h5,8,11-13,17-20,25-26H,6-7,9-10H2,1-4H3,(H,21,22). The van der Waals surface area contributed by atoms with E-state index in [0.717, 1.165) is 6.08 Å². The van der Waals surface area contributed by atoms with Gasteiger partial charge in [0.1, 0.15) is 18.3 Å². The number of hydrogen-bond acceptors (Lipinski definition) is 9. The van der Waals surface area contributed by atoms with Gasteiger partial charge in [-0.2, -0.15) is 0 Å². The minimum atomic E-state index is -1.45. The Bertz CT molecular complexity index is 604. The fourth-order valence-corrected chi connectivity index (χ4v) is 2.91. The summed E-state index contributed by atoms with van der Waals surface area (Å²) in [5, 5.41) is 29.2. The number of carbonyl (C=O) groups is 3. The van der Waals surface area contributed by atoms with Gasteiger partial charge in [0.15, 0.2) is 12.4 Å². The van der Waals surface area contributed by atoms with E-state index in [0.29, 0.717) is 12.8 Å². The van der Waals surface area contributed by atoms with Crippen LogP contribution in [0.5, 0.6) is 0 Å². The minimum Gasteiger partial charge on any atom is -0.481 e. The Labute approximate surface area is 175 Å². The summed E-state index contributed by atoms with van der Waals surface area (Å²) in [7, 11) is 0. The van der Waals surface area contributed by atoms with Crippen molar-refractivity contribution in [1.29, 1.82) is 0 Å². The molecule has 0 aromatic rings. The largest absolute Gasteiger partial charge is 0.481 e. The number of carboxylic acid groups (broad SMARTS) is 1. The van der Waals surface area contributed by atoms with Crippen LogP contribution >= 0.6 is 0 Å². The van der Waals surface area contributed by atoms with Crippen LogP contribution in [0.15, 0.2) is 12.2 Å².